The monoisotopic (exact) mass is 262 g/mol. The molecular formula is C8H11ISi. The van der Waals surface area contributed by atoms with Gasteiger partial charge in [0.2, 0.25) is 0 Å². The zero-order valence-electron chi connectivity index (χ0n) is 6.32. The lowest BCUT2D eigenvalue weighted by Crippen LogP contribution is -1.88. The number of aryl methyl sites for hydroxylation is 1. The van der Waals surface area contributed by atoms with Gasteiger partial charge in [-0.05, 0) is 47.2 Å². The van der Waals surface area contributed by atoms with Crippen molar-refractivity contribution in [3.8, 4) is 0 Å². The van der Waals surface area contributed by atoms with Crippen LogP contribution in [0, 0.1) is 10.5 Å². The van der Waals surface area contributed by atoms with Crippen molar-refractivity contribution < 1.29 is 0 Å². The molecule has 0 aromatic heterocycles. The second kappa shape index (κ2) is 3.53. The molecule has 0 heterocycles. The molecule has 1 aromatic carbocycles. The maximum atomic E-state index is 2.41. The van der Waals surface area contributed by atoms with Gasteiger partial charge in [0.1, 0.15) is 0 Å². The highest BCUT2D eigenvalue weighted by Gasteiger charge is 1.94. The van der Waals surface area contributed by atoms with Gasteiger partial charge < -0.3 is 0 Å². The molecule has 0 fully saturated rings. The van der Waals surface area contributed by atoms with Gasteiger partial charge in [-0.15, -0.1) is 0 Å². The van der Waals surface area contributed by atoms with Crippen molar-refractivity contribution in [3.05, 3.63) is 32.9 Å². The van der Waals surface area contributed by atoms with Crippen LogP contribution >= 0.6 is 22.6 Å². The van der Waals surface area contributed by atoms with Crippen molar-refractivity contribution in [2.75, 3.05) is 0 Å². The third-order valence-electron chi connectivity index (χ3n) is 1.59. The summed E-state index contributed by atoms with van der Waals surface area (Å²) in [7, 11) is 1.27. The molecule has 0 bridgehead atoms. The van der Waals surface area contributed by atoms with E-state index in [9.17, 15) is 0 Å². The van der Waals surface area contributed by atoms with Gasteiger partial charge in [-0.2, -0.15) is 0 Å². The largest absolute Gasteiger partial charge is 0.0590 e. The first-order chi connectivity index (χ1) is 4.74. The van der Waals surface area contributed by atoms with Gasteiger partial charge in [-0.1, -0.05) is 17.7 Å². The number of benzene rings is 1. The number of hydrogen-bond acceptors (Lipinski definition) is 0. The third kappa shape index (κ3) is 1.82. The molecule has 0 nitrogen and oxygen atoms in total. The van der Waals surface area contributed by atoms with Gasteiger partial charge in [0, 0.05) is 13.8 Å². The Bertz CT molecular complexity index is 233. The van der Waals surface area contributed by atoms with E-state index in [1.165, 1.54) is 31.0 Å². The van der Waals surface area contributed by atoms with Crippen LogP contribution in [-0.4, -0.2) is 10.2 Å². The average molecular weight is 262 g/mol. The first-order valence-electron chi connectivity index (χ1n) is 3.49. The lowest BCUT2D eigenvalue weighted by atomic mass is 10.2. The van der Waals surface area contributed by atoms with Crippen molar-refractivity contribution in [2.24, 2.45) is 0 Å². The molecule has 2 heteroatoms. The molecule has 0 N–H and O–H groups in total. The summed E-state index contributed by atoms with van der Waals surface area (Å²) in [6.07, 6.45) is 0. The minimum absolute atomic E-state index is 1.27. The third-order valence-corrected chi connectivity index (χ3v) is 3.36. The first-order valence-corrected chi connectivity index (χ1v) is 5.98. The van der Waals surface area contributed by atoms with Crippen LogP contribution in [0.15, 0.2) is 18.2 Å². The molecule has 0 aliphatic heterocycles. The van der Waals surface area contributed by atoms with Crippen LogP contribution in [0.1, 0.15) is 11.1 Å². The minimum Gasteiger partial charge on any atom is -0.0590 e. The number of hydrogen-bond donors (Lipinski definition) is 0. The normalized spacial score (nSPS) is 10.2. The Labute approximate surface area is 78.6 Å². The predicted molar refractivity (Wildman–Crippen MR) is 57.5 cm³/mol. The Morgan fingerprint density at radius 2 is 2.20 bits per heavy atom. The SMILES string of the molecule is Cc1ccc(C[SiH3])c(I)c1. The zero-order valence-corrected chi connectivity index (χ0v) is 10.5. The standard InChI is InChI=1S/C8H11ISi/c1-6-2-3-7(5-10)8(9)4-6/h2-4H,5H2,1,10H3. The number of rotatable bonds is 1. The van der Waals surface area contributed by atoms with E-state index in [0.717, 1.165) is 0 Å². The van der Waals surface area contributed by atoms with Gasteiger partial charge in [-0.25, -0.2) is 0 Å². The average Bonchev–Trinajstić information content (AvgIpc) is 1.88. The highest BCUT2D eigenvalue weighted by atomic mass is 127. The summed E-state index contributed by atoms with van der Waals surface area (Å²) in [5.74, 6) is 0. The van der Waals surface area contributed by atoms with E-state index >= 15 is 0 Å². The summed E-state index contributed by atoms with van der Waals surface area (Å²) >= 11 is 2.41. The van der Waals surface area contributed by atoms with E-state index in [2.05, 4.69) is 47.7 Å². The fourth-order valence-electron chi connectivity index (χ4n) is 0.939. The van der Waals surface area contributed by atoms with Gasteiger partial charge >= 0.3 is 0 Å². The van der Waals surface area contributed by atoms with E-state index in [4.69, 9.17) is 0 Å². The molecule has 54 valence electrons. The molecule has 0 aliphatic rings. The molecule has 0 radical (unpaired) electrons. The Kier molecular flexibility index (Phi) is 2.91. The summed E-state index contributed by atoms with van der Waals surface area (Å²) in [4.78, 5) is 0. The molecular weight excluding hydrogens is 251 g/mol. The highest BCUT2D eigenvalue weighted by Crippen LogP contribution is 2.13. The van der Waals surface area contributed by atoms with E-state index < -0.39 is 0 Å². The van der Waals surface area contributed by atoms with Crippen molar-refractivity contribution in [2.45, 2.75) is 13.0 Å². The fraction of sp³-hybridized carbons (Fsp3) is 0.250. The van der Waals surface area contributed by atoms with E-state index in [1.807, 2.05) is 0 Å². The van der Waals surface area contributed by atoms with Crippen molar-refractivity contribution >= 4 is 32.8 Å². The van der Waals surface area contributed by atoms with Gasteiger partial charge in [0.25, 0.3) is 0 Å². The van der Waals surface area contributed by atoms with Crippen LogP contribution in [0.5, 0.6) is 0 Å². The van der Waals surface area contributed by atoms with Crippen LogP contribution in [0.3, 0.4) is 0 Å². The molecule has 10 heavy (non-hydrogen) atoms. The van der Waals surface area contributed by atoms with Crippen LogP contribution in [0.4, 0.5) is 0 Å². The number of halogens is 1. The van der Waals surface area contributed by atoms with Crippen molar-refractivity contribution in [3.63, 3.8) is 0 Å². The van der Waals surface area contributed by atoms with Crippen LogP contribution in [0.2, 0.25) is 0 Å². The molecule has 0 saturated heterocycles. The molecule has 0 atom stereocenters. The second-order valence-corrected chi connectivity index (χ2v) is 4.32. The quantitative estimate of drug-likeness (QED) is 0.531. The smallest absolute Gasteiger partial charge is 0.0161 e. The predicted octanol–water partition coefficient (Wildman–Crippen LogP) is 1.47. The van der Waals surface area contributed by atoms with Crippen molar-refractivity contribution in [1.82, 2.24) is 0 Å². The Hall–Kier alpha value is 0.167. The summed E-state index contributed by atoms with van der Waals surface area (Å²) in [5, 5.41) is 0. The first kappa shape index (κ1) is 8.27. The fourth-order valence-corrected chi connectivity index (χ4v) is 3.33. The van der Waals surface area contributed by atoms with Crippen LogP contribution in [0.25, 0.3) is 0 Å². The van der Waals surface area contributed by atoms with Gasteiger partial charge in [0.05, 0.1) is 0 Å². The molecule has 0 aliphatic carbocycles. The van der Waals surface area contributed by atoms with Crippen LogP contribution in [-0.2, 0) is 6.04 Å². The second-order valence-electron chi connectivity index (χ2n) is 2.45. The topological polar surface area (TPSA) is 0 Å². The minimum atomic E-state index is 1.27. The van der Waals surface area contributed by atoms with Crippen molar-refractivity contribution in [1.29, 1.82) is 0 Å². The summed E-state index contributed by atoms with van der Waals surface area (Å²) in [6.45, 7) is 2.14. The molecule has 1 rings (SSSR count). The summed E-state index contributed by atoms with van der Waals surface area (Å²) < 4.78 is 1.42. The summed E-state index contributed by atoms with van der Waals surface area (Å²) in [6, 6.07) is 7.95. The van der Waals surface area contributed by atoms with E-state index in [0.29, 0.717) is 0 Å². The zero-order chi connectivity index (χ0) is 7.56. The molecule has 0 amide bonds. The molecule has 0 unspecified atom stereocenters. The maximum absolute atomic E-state index is 2.41. The highest BCUT2D eigenvalue weighted by molar-refractivity contribution is 14.1. The van der Waals surface area contributed by atoms with Gasteiger partial charge in [0.15, 0.2) is 0 Å². The molecule has 0 spiro atoms. The Morgan fingerprint density at radius 3 is 2.70 bits per heavy atom. The van der Waals surface area contributed by atoms with Crippen LogP contribution < -0.4 is 0 Å². The lowest BCUT2D eigenvalue weighted by molar-refractivity contribution is 1.32. The summed E-state index contributed by atoms with van der Waals surface area (Å²) in [5.41, 5.74) is 2.88. The van der Waals surface area contributed by atoms with Gasteiger partial charge in [-0.3, -0.25) is 0 Å². The molecule has 1 aromatic rings. The Morgan fingerprint density at radius 1 is 1.50 bits per heavy atom. The molecule has 0 saturated carbocycles. The van der Waals surface area contributed by atoms with E-state index in [1.54, 1.807) is 0 Å². The lowest BCUT2D eigenvalue weighted by Gasteiger charge is -2.00. The Balaban J connectivity index is 3.07. The van der Waals surface area contributed by atoms with E-state index in [-0.39, 0.29) is 0 Å². The maximum Gasteiger partial charge on any atom is 0.0161 e.